The van der Waals surface area contributed by atoms with Crippen molar-refractivity contribution in [2.24, 2.45) is 0 Å². The summed E-state index contributed by atoms with van der Waals surface area (Å²) >= 11 is 1.90. The van der Waals surface area contributed by atoms with E-state index in [1.807, 2.05) is 11.3 Å². The van der Waals surface area contributed by atoms with E-state index in [0.717, 1.165) is 0 Å². The monoisotopic (exact) mass is 316 g/mol. The van der Waals surface area contributed by atoms with Gasteiger partial charge in [0.15, 0.2) is 0 Å². The largest absolute Gasteiger partial charge is 0.135 e. The Bertz CT molecular complexity index is 985. The first-order chi connectivity index (χ1) is 11.0. The van der Waals surface area contributed by atoms with Gasteiger partial charge in [-0.1, -0.05) is 69.3 Å². The number of hydrogen-bond donors (Lipinski definition) is 0. The predicted molar refractivity (Wildman–Crippen MR) is 103 cm³/mol. The van der Waals surface area contributed by atoms with Crippen LogP contribution < -0.4 is 0 Å². The average Bonchev–Trinajstić information content (AvgIpc) is 2.91. The molecular formula is C22H20S. The highest BCUT2D eigenvalue weighted by atomic mass is 32.1. The maximum absolute atomic E-state index is 2.36. The fraction of sp³-hybridized carbons (Fsp3) is 0.182. The van der Waals surface area contributed by atoms with Crippen LogP contribution in [0.2, 0.25) is 0 Å². The molecule has 0 atom stereocenters. The van der Waals surface area contributed by atoms with Crippen LogP contribution in [0.15, 0.2) is 66.7 Å². The lowest BCUT2D eigenvalue weighted by molar-refractivity contribution is 0.591. The number of thiophene rings is 1. The molecule has 0 aliphatic heterocycles. The minimum atomic E-state index is 0.194. The Kier molecular flexibility index (Phi) is 3.28. The van der Waals surface area contributed by atoms with Crippen LogP contribution in [0.3, 0.4) is 0 Å². The van der Waals surface area contributed by atoms with Crippen molar-refractivity contribution in [3.05, 3.63) is 72.3 Å². The summed E-state index contributed by atoms with van der Waals surface area (Å²) in [5, 5.41) is 2.74. The maximum atomic E-state index is 2.36. The van der Waals surface area contributed by atoms with Gasteiger partial charge >= 0.3 is 0 Å². The number of benzene rings is 3. The third-order valence-electron chi connectivity index (χ3n) is 4.44. The van der Waals surface area contributed by atoms with E-state index in [1.165, 1.54) is 36.9 Å². The molecule has 114 valence electrons. The van der Waals surface area contributed by atoms with Gasteiger partial charge in [-0.2, -0.15) is 0 Å². The topological polar surface area (TPSA) is 0 Å². The van der Waals surface area contributed by atoms with Gasteiger partial charge in [-0.3, -0.25) is 0 Å². The third kappa shape index (κ3) is 2.55. The van der Waals surface area contributed by atoms with Gasteiger partial charge in [0, 0.05) is 20.2 Å². The molecule has 3 aromatic carbocycles. The molecule has 0 saturated heterocycles. The van der Waals surface area contributed by atoms with Crippen molar-refractivity contribution < 1.29 is 0 Å². The summed E-state index contributed by atoms with van der Waals surface area (Å²) in [6.07, 6.45) is 0. The molecule has 0 saturated carbocycles. The van der Waals surface area contributed by atoms with E-state index in [0.29, 0.717) is 0 Å². The summed E-state index contributed by atoms with van der Waals surface area (Å²) in [5.74, 6) is 0. The molecule has 0 aliphatic carbocycles. The minimum Gasteiger partial charge on any atom is -0.135 e. The Morgan fingerprint density at radius 3 is 2.17 bits per heavy atom. The van der Waals surface area contributed by atoms with Crippen LogP contribution in [0.4, 0.5) is 0 Å². The molecule has 0 fully saturated rings. The minimum absolute atomic E-state index is 0.194. The maximum Gasteiger partial charge on any atom is 0.0358 e. The van der Waals surface area contributed by atoms with E-state index in [9.17, 15) is 0 Å². The Morgan fingerprint density at radius 1 is 0.652 bits per heavy atom. The summed E-state index contributed by atoms with van der Waals surface area (Å²) in [7, 11) is 0. The smallest absolute Gasteiger partial charge is 0.0358 e. The van der Waals surface area contributed by atoms with Crippen molar-refractivity contribution in [2.45, 2.75) is 26.2 Å². The Balaban J connectivity index is 1.93. The second-order valence-corrected chi connectivity index (χ2v) is 8.22. The lowest BCUT2D eigenvalue weighted by Crippen LogP contribution is -2.10. The van der Waals surface area contributed by atoms with E-state index in [4.69, 9.17) is 0 Å². The van der Waals surface area contributed by atoms with Crippen LogP contribution in [0.1, 0.15) is 26.3 Å². The molecule has 1 aromatic heterocycles. The molecule has 23 heavy (non-hydrogen) atoms. The summed E-state index contributed by atoms with van der Waals surface area (Å²) in [6, 6.07) is 24.4. The van der Waals surface area contributed by atoms with Crippen molar-refractivity contribution in [1.29, 1.82) is 0 Å². The molecule has 0 aliphatic rings. The third-order valence-corrected chi connectivity index (χ3v) is 5.58. The highest BCUT2D eigenvalue weighted by molar-refractivity contribution is 7.25. The van der Waals surface area contributed by atoms with Crippen molar-refractivity contribution in [3.63, 3.8) is 0 Å². The zero-order valence-corrected chi connectivity index (χ0v) is 14.6. The summed E-state index contributed by atoms with van der Waals surface area (Å²) in [6.45, 7) is 6.82. The van der Waals surface area contributed by atoms with Crippen molar-refractivity contribution in [3.8, 4) is 11.1 Å². The zero-order valence-electron chi connectivity index (χ0n) is 13.8. The Morgan fingerprint density at radius 2 is 1.43 bits per heavy atom. The van der Waals surface area contributed by atoms with Gasteiger partial charge in [0.2, 0.25) is 0 Å². The van der Waals surface area contributed by atoms with E-state index < -0.39 is 0 Å². The van der Waals surface area contributed by atoms with Crippen molar-refractivity contribution in [2.75, 3.05) is 0 Å². The van der Waals surface area contributed by atoms with Crippen molar-refractivity contribution in [1.82, 2.24) is 0 Å². The second-order valence-electron chi connectivity index (χ2n) is 7.14. The molecular weight excluding hydrogens is 296 g/mol. The first kappa shape index (κ1) is 14.5. The quantitative estimate of drug-likeness (QED) is 0.354. The normalized spacial score (nSPS) is 12.1. The lowest BCUT2D eigenvalue weighted by atomic mass is 9.87. The van der Waals surface area contributed by atoms with Gasteiger partial charge in [-0.15, -0.1) is 11.3 Å². The molecule has 1 heteroatoms. The Labute approximate surface area is 141 Å². The summed E-state index contributed by atoms with van der Waals surface area (Å²) in [5.41, 5.74) is 4.16. The fourth-order valence-electron chi connectivity index (χ4n) is 3.05. The van der Waals surface area contributed by atoms with E-state index in [-0.39, 0.29) is 5.41 Å². The van der Waals surface area contributed by atoms with Crippen LogP contribution in [-0.4, -0.2) is 0 Å². The lowest BCUT2D eigenvalue weighted by Gasteiger charge is -2.18. The average molecular weight is 316 g/mol. The van der Waals surface area contributed by atoms with Gasteiger partial charge in [0.05, 0.1) is 0 Å². The Hall–Kier alpha value is -2.12. The SMILES string of the molecule is CC(C)(C)c1ccc2c(c1)sc1ccc(-c3ccccc3)cc12. The van der Waals surface area contributed by atoms with Crippen molar-refractivity contribution >= 4 is 31.5 Å². The van der Waals surface area contributed by atoms with Gasteiger partial charge in [-0.05, 0) is 40.3 Å². The fourth-order valence-corrected chi connectivity index (χ4v) is 4.18. The molecule has 0 unspecified atom stereocenters. The predicted octanol–water partition coefficient (Wildman–Crippen LogP) is 7.02. The number of fused-ring (bicyclic) bond motifs is 3. The van der Waals surface area contributed by atoms with E-state index in [1.54, 1.807) is 0 Å². The molecule has 0 bridgehead atoms. The molecule has 0 nitrogen and oxygen atoms in total. The summed E-state index contributed by atoms with van der Waals surface area (Å²) in [4.78, 5) is 0. The molecule has 0 N–H and O–H groups in total. The zero-order chi connectivity index (χ0) is 16.0. The van der Waals surface area contributed by atoms with Crippen LogP contribution >= 0.6 is 11.3 Å². The second kappa shape index (κ2) is 5.21. The molecule has 4 rings (SSSR count). The first-order valence-electron chi connectivity index (χ1n) is 8.04. The highest BCUT2D eigenvalue weighted by Crippen LogP contribution is 2.38. The molecule has 0 radical (unpaired) electrons. The van der Waals surface area contributed by atoms with Gasteiger partial charge in [-0.25, -0.2) is 0 Å². The van der Waals surface area contributed by atoms with E-state index >= 15 is 0 Å². The highest BCUT2D eigenvalue weighted by Gasteiger charge is 2.15. The van der Waals surface area contributed by atoms with Crippen LogP contribution in [0.5, 0.6) is 0 Å². The van der Waals surface area contributed by atoms with Crippen LogP contribution in [-0.2, 0) is 5.41 Å². The van der Waals surface area contributed by atoms with E-state index in [2.05, 4.69) is 87.5 Å². The van der Waals surface area contributed by atoms with Crippen LogP contribution in [0, 0.1) is 0 Å². The molecule has 4 aromatic rings. The van der Waals surface area contributed by atoms with Gasteiger partial charge < -0.3 is 0 Å². The van der Waals surface area contributed by atoms with Gasteiger partial charge in [0.1, 0.15) is 0 Å². The number of rotatable bonds is 1. The first-order valence-corrected chi connectivity index (χ1v) is 8.86. The molecule has 0 spiro atoms. The number of hydrogen-bond acceptors (Lipinski definition) is 1. The van der Waals surface area contributed by atoms with Gasteiger partial charge in [0.25, 0.3) is 0 Å². The molecule has 0 amide bonds. The van der Waals surface area contributed by atoms with Crippen LogP contribution in [0.25, 0.3) is 31.3 Å². The standard InChI is InChI=1S/C22H20S/c1-22(2,3)17-10-11-18-19-13-16(15-7-5-4-6-8-15)9-12-20(19)23-21(18)14-17/h4-14H,1-3H3. The molecule has 1 heterocycles. The summed E-state index contributed by atoms with van der Waals surface area (Å²) < 4.78 is 2.75.